The van der Waals surface area contributed by atoms with Crippen molar-refractivity contribution in [2.75, 3.05) is 24.9 Å². The van der Waals surface area contributed by atoms with Gasteiger partial charge in [-0.2, -0.15) is 12.7 Å². The molecule has 1 saturated carbocycles. The first-order chi connectivity index (χ1) is 17.4. The highest BCUT2D eigenvalue weighted by molar-refractivity contribution is 7.90. The highest BCUT2D eigenvalue weighted by atomic mass is 35.5. The molecule has 1 atom stereocenters. The van der Waals surface area contributed by atoms with Crippen LogP contribution in [0.2, 0.25) is 10.0 Å². The lowest BCUT2D eigenvalue weighted by Crippen LogP contribution is -2.53. The van der Waals surface area contributed by atoms with Crippen LogP contribution < -0.4 is 9.62 Å². The van der Waals surface area contributed by atoms with Crippen LogP contribution in [-0.2, 0) is 26.3 Å². The molecule has 202 valence electrons. The first-order valence-corrected chi connectivity index (χ1v) is 14.1. The zero-order valence-corrected chi connectivity index (χ0v) is 23.3. The summed E-state index contributed by atoms with van der Waals surface area (Å²) in [7, 11) is -1.70. The van der Waals surface area contributed by atoms with E-state index in [1.165, 1.54) is 37.2 Å². The van der Waals surface area contributed by atoms with E-state index in [0.29, 0.717) is 19.9 Å². The molecule has 8 nitrogen and oxygen atoms in total. The molecule has 1 unspecified atom stereocenters. The molecule has 37 heavy (non-hydrogen) atoms. The van der Waals surface area contributed by atoms with E-state index in [-0.39, 0.29) is 24.2 Å². The fraction of sp³-hybridized carbons (Fsp3) is 0.440. The van der Waals surface area contributed by atoms with Crippen LogP contribution in [0.15, 0.2) is 42.5 Å². The van der Waals surface area contributed by atoms with Gasteiger partial charge in [-0.3, -0.25) is 9.59 Å². The molecule has 1 fully saturated rings. The van der Waals surface area contributed by atoms with Crippen LogP contribution in [0.1, 0.15) is 38.2 Å². The van der Waals surface area contributed by atoms with E-state index in [1.54, 1.807) is 25.1 Å². The molecule has 0 saturated heterocycles. The van der Waals surface area contributed by atoms with Gasteiger partial charge in [-0.1, -0.05) is 54.2 Å². The van der Waals surface area contributed by atoms with Crippen molar-refractivity contribution in [2.45, 2.75) is 51.2 Å². The summed E-state index contributed by atoms with van der Waals surface area (Å²) < 4.78 is 42.5. The summed E-state index contributed by atoms with van der Waals surface area (Å²) in [6.45, 7) is 0.662. The predicted octanol–water partition coefficient (Wildman–Crippen LogP) is 4.22. The summed E-state index contributed by atoms with van der Waals surface area (Å²) in [5.41, 5.74) is 0.121. The molecule has 12 heteroatoms. The van der Waals surface area contributed by atoms with Crippen molar-refractivity contribution in [2.24, 2.45) is 0 Å². The van der Waals surface area contributed by atoms with E-state index in [2.05, 4.69) is 5.32 Å². The number of nitrogens with one attached hydrogen (secondary N) is 1. The van der Waals surface area contributed by atoms with Gasteiger partial charge < -0.3 is 10.2 Å². The van der Waals surface area contributed by atoms with E-state index in [0.717, 1.165) is 36.1 Å². The van der Waals surface area contributed by atoms with Gasteiger partial charge in [0.05, 0.1) is 5.69 Å². The third-order valence-electron chi connectivity index (χ3n) is 6.40. The normalized spacial score (nSPS) is 15.0. The molecular weight excluding hydrogens is 542 g/mol. The molecule has 0 spiro atoms. The molecule has 0 aromatic heterocycles. The van der Waals surface area contributed by atoms with Crippen molar-refractivity contribution in [3.8, 4) is 0 Å². The summed E-state index contributed by atoms with van der Waals surface area (Å²) in [5, 5.41) is 3.56. The summed E-state index contributed by atoms with van der Waals surface area (Å²) >= 11 is 12.7. The van der Waals surface area contributed by atoms with Crippen LogP contribution >= 0.6 is 23.2 Å². The molecule has 1 aliphatic rings. The number of para-hydroxylation sites is 1. The number of anilines is 1. The molecule has 1 N–H and O–H groups in total. The minimum atomic E-state index is -4.27. The Kier molecular flexibility index (Phi) is 9.80. The molecule has 0 aliphatic heterocycles. The highest BCUT2D eigenvalue weighted by Crippen LogP contribution is 2.28. The van der Waals surface area contributed by atoms with Gasteiger partial charge in [-0.25, -0.2) is 8.70 Å². The minimum absolute atomic E-state index is 0.0137. The van der Waals surface area contributed by atoms with Crippen LogP contribution in [0.5, 0.6) is 0 Å². The number of halogens is 3. The van der Waals surface area contributed by atoms with E-state index in [4.69, 9.17) is 23.2 Å². The summed E-state index contributed by atoms with van der Waals surface area (Å²) in [4.78, 5) is 28.1. The van der Waals surface area contributed by atoms with Gasteiger partial charge >= 0.3 is 10.2 Å². The molecule has 2 aromatic carbocycles. The Morgan fingerprint density at radius 1 is 1.05 bits per heavy atom. The maximum Gasteiger partial charge on any atom is 0.304 e. The average molecular weight is 574 g/mol. The predicted molar refractivity (Wildman–Crippen MR) is 143 cm³/mol. The molecule has 0 radical (unpaired) electrons. The summed E-state index contributed by atoms with van der Waals surface area (Å²) in [6, 6.07) is 9.17. The van der Waals surface area contributed by atoms with Crippen molar-refractivity contribution in [3.63, 3.8) is 0 Å². The Hall–Kier alpha value is -2.40. The minimum Gasteiger partial charge on any atom is -0.352 e. The van der Waals surface area contributed by atoms with Gasteiger partial charge in [0.15, 0.2) is 0 Å². The molecular formula is C25H31Cl2FN4O4S. The highest BCUT2D eigenvalue weighted by Gasteiger charge is 2.34. The van der Waals surface area contributed by atoms with Crippen molar-refractivity contribution >= 4 is 50.9 Å². The molecule has 1 aliphatic carbocycles. The van der Waals surface area contributed by atoms with Crippen molar-refractivity contribution in [1.82, 2.24) is 14.5 Å². The molecule has 0 bridgehead atoms. The lowest BCUT2D eigenvalue weighted by atomic mass is 10.1. The smallest absolute Gasteiger partial charge is 0.304 e. The first-order valence-electron chi connectivity index (χ1n) is 11.9. The largest absolute Gasteiger partial charge is 0.352 e. The standard InChI is InChI=1S/C25H31Cl2FN4O4S/c1-17(25(34)29-18-9-4-5-10-18)31(15-19-20(26)11-8-12-21(19)27)24(33)16-32(37(35,36)30(2)3)23-14-7-6-13-22(23)28/h6-8,11-14,17-18H,4-5,9-10,15-16H2,1-3H3,(H,29,34). The van der Waals surface area contributed by atoms with Crippen LogP contribution in [0, 0.1) is 5.82 Å². The number of nitrogens with zero attached hydrogens (tertiary/aromatic N) is 3. The van der Waals surface area contributed by atoms with Gasteiger partial charge in [0.2, 0.25) is 11.8 Å². The third-order valence-corrected chi connectivity index (χ3v) is 8.91. The second-order valence-corrected chi connectivity index (χ2v) is 12.0. The van der Waals surface area contributed by atoms with Crippen molar-refractivity contribution in [1.29, 1.82) is 0 Å². The second kappa shape index (κ2) is 12.4. The van der Waals surface area contributed by atoms with E-state index >= 15 is 0 Å². The van der Waals surface area contributed by atoms with E-state index in [1.807, 2.05) is 0 Å². The number of carbonyl (C=O) groups is 2. The van der Waals surface area contributed by atoms with Gasteiger partial charge in [0.1, 0.15) is 18.4 Å². The quantitative estimate of drug-likeness (QED) is 0.461. The maximum atomic E-state index is 14.7. The zero-order chi connectivity index (χ0) is 27.3. The number of hydrogen-bond donors (Lipinski definition) is 1. The van der Waals surface area contributed by atoms with E-state index < -0.39 is 34.5 Å². The van der Waals surface area contributed by atoms with Crippen LogP contribution in [0.4, 0.5) is 10.1 Å². The van der Waals surface area contributed by atoms with Gasteiger partial charge in [0, 0.05) is 42.3 Å². The monoisotopic (exact) mass is 572 g/mol. The SMILES string of the molecule is CC(C(=O)NC1CCCC1)N(Cc1c(Cl)cccc1Cl)C(=O)CN(c1ccccc1F)S(=O)(=O)N(C)C. The van der Waals surface area contributed by atoms with Gasteiger partial charge in [0.25, 0.3) is 0 Å². The van der Waals surface area contributed by atoms with Crippen LogP contribution in [0.25, 0.3) is 0 Å². The van der Waals surface area contributed by atoms with Crippen LogP contribution in [-0.4, -0.2) is 62.2 Å². The summed E-state index contributed by atoms with van der Waals surface area (Å²) in [6.07, 6.45) is 3.73. The fourth-order valence-electron chi connectivity index (χ4n) is 4.18. The average Bonchev–Trinajstić information content (AvgIpc) is 3.35. The van der Waals surface area contributed by atoms with Crippen molar-refractivity contribution in [3.05, 3.63) is 63.9 Å². The summed E-state index contributed by atoms with van der Waals surface area (Å²) in [5.74, 6) is -1.91. The number of hydrogen-bond acceptors (Lipinski definition) is 4. The number of carbonyl (C=O) groups excluding carboxylic acids is 2. The zero-order valence-electron chi connectivity index (χ0n) is 21.0. The number of rotatable bonds is 10. The van der Waals surface area contributed by atoms with E-state index in [9.17, 15) is 22.4 Å². The lowest BCUT2D eigenvalue weighted by Gasteiger charge is -2.33. The molecule has 2 amide bonds. The Labute approximate surface area is 227 Å². The second-order valence-electron chi connectivity index (χ2n) is 9.14. The lowest BCUT2D eigenvalue weighted by molar-refractivity contribution is -0.139. The number of amides is 2. The Balaban J connectivity index is 1.98. The van der Waals surface area contributed by atoms with Crippen molar-refractivity contribution < 1.29 is 22.4 Å². The third kappa shape index (κ3) is 6.93. The Bertz CT molecular complexity index is 1220. The maximum absolute atomic E-state index is 14.7. The van der Waals surface area contributed by atoms with Crippen LogP contribution in [0.3, 0.4) is 0 Å². The fourth-order valence-corrected chi connectivity index (χ4v) is 5.77. The van der Waals surface area contributed by atoms with Gasteiger partial charge in [-0.05, 0) is 44.0 Å². The Morgan fingerprint density at radius 3 is 2.22 bits per heavy atom. The number of benzene rings is 2. The Morgan fingerprint density at radius 2 is 1.65 bits per heavy atom. The van der Waals surface area contributed by atoms with Gasteiger partial charge in [-0.15, -0.1) is 0 Å². The molecule has 0 heterocycles. The first kappa shape index (κ1) is 29.2. The molecule has 2 aromatic rings. The topological polar surface area (TPSA) is 90.0 Å². The molecule has 3 rings (SSSR count).